The van der Waals surface area contributed by atoms with Crippen molar-refractivity contribution in [2.45, 2.75) is 18.9 Å². The molecule has 1 nitrogen and oxygen atoms in total. The maximum Gasteiger partial charge on any atom is 0.0375 e. The van der Waals surface area contributed by atoms with Crippen molar-refractivity contribution in [2.75, 3.05) is 13.6 Å². The van der Waals surface area contributed by atoms with Gasteiger partial charge in [-0.25, -0.2) is 0 Å². The molecule has 0 aromatic heterocycles. The molecule has 0 radical (unpaired) electrons. The van der Waals surface area contributed by atoms with Crippen LogP contribution in [0, 0.1) is 0 Å². The first-order valence-electron chi connectivity index (χ1n) is 3.70. The summed E-state index contributed by atoms with van der Waals surface area (Å²) < 4.78 is 0. The number of hydrogen-bond acceptors (Lipinski definition) is 1. The fourth-order valence-electron chi connectivity index (χ4n) is 1.17. The van der Waals surface area contributed by atoms with Crippen LogP contribution in [0.1, 0.15) is 13.3 Å². The zero-order valence-corrected chi connectivity index (χ0v) is 6.80. The van der Waals surface area contributed by atoms with Gasteiger partial charge in [-0.2, -0.15) is 0 Å². The quantitative estimate of drug-likeness (QED) is 0.525. The molecule has 1 atom stereocenters. The summed E-state index contributed by atoms with van der Waals surface area (Å²) in [6.45, 7) is 7.11. The maximum atomic E-state index is 3.64. The van der Waals surface area contributed by atoms with Crippen molar-refractivity contribution >= 4 is 0 Å². The van der Waals surface area contributed by atoms with E-state index in [1.54, 1.807) is 0 Å². The van der Waals surface area contributed by atoms with Gasteiger partial charge in [-0.1, -0.05) is 24.8 Å². The molecule has 0 amide bonds. The van der Waals surface area contributed by atoms with Crippen LogP contribution < -0.4 is 0 Å². The molecule has 1 unspecified atom stereocenters. The summed E-state index contributed by atoms with van der Waals surface area (Å²) in [5.74, 6) is 0. The summed E-state index contributed by atoms with van der Waals surface area (Å²) >= 11 is 0. The Hall–Kier alpha value is -0.560. The van der Waals surface area contributed by atoms with Crippen LogP contribution in [0.15, 0.2) is 24.8 Å². The summed E-state index contributed by atoms with van der Waals surface area (Å²) in [6, 6.07) is 0. The van der Waals surface area contributed by atoms with Gasteiger partial charge < -0.3 is 0 Å². The molecule has 0 aliphatic carbocycles. The molecule has 0 saturated carbocycles. The molecule has 0 spiro atoms. The molecular weight excluding hydrogens is 122 g/mol. The zero-order chi connectivity index (χ0) is 7.61. The van der Waals surface area contributed by atoms with Crippen LogP contribution in [-0.4, -0.2) is 24.0 Å². The van der Waals surface area contributed by atoms with Gasteiger partial charge in [0.25, 0.3) is 0 Å². The number of hydrogen-bond donors (Lipinski definition) is 0. The zero-order valence-electron chi connectivity index (χ0n) is 6.80. The van der Waals surface area contributed by atoms with Crippen molar-refractivity contribution in [3.05, 3.63) is 24.8 Å². The van der Waals surface area contributed by atoms with Gasteiger partial charge in [0.1, 0.15) is 0 Å². The number of likely N-dealkylation sites (N-methyl/N-ethyl adjacent to an activating group) is 1. The Labute approximate surface area is 63.0 Å². The largest absolute Gasteiger partial charge is 0.297 e. The first kappa shape index (κ1) is 7.55. The minimum absolute atomic E-state index is 0.314. The van der Waals surface area contributed by atoms with E-state index >= 15 is 0 Å². The Balaban J connectivity index is 2.52. The van der Waals surface area contributed by atoms with Gasteiger partial charge in [-0.3, -0.25) is 4.90 Å². The van der Waals surface area contributed by atoms with Crippen molar-refractivity contribution in [3.8, 4) is 0 Å². The van der Waals surface area contributed by atoms with Gasteiger partial charge in [0, 0.05) is 12.1 Å². The standard InChI is InChI=1S/C9H15N/c1-4-5-6-9(2)7-8-10(9)3/h4-6H,1,7-8H2,2-3H3/b6-5+. The fraction of sp³-hybridized carbons (Fsp3) is 0.556. The third-order valence-corrected chi connectivity index (χ3v) is 2.42. The predicted molar refractivity (Wildman–Crippen MR) is 45.0 cm³/mol. The predicted octanol–water partition coefficient (Wildman–Crippen LogP) is 1.82. The third-order valence-electron chi connectivity index (χ3n) is 2.42. The highest BCUT2D eigenvalue weighted by atomic mass is 15.2. The van der Waals surface area contributed by atoms with Gasteiger partial charge >= 0.3 is 0 Å². The van der Waals surface area contributed by atoms with Crippen molar-refractivity contribution < 1.29 is 0 Å². The van der Waals surface area contributed by atoms with E-state index in [0.29, 0.717) is 5.54 Å². The summed E-state index contributed by atoms with van der Waals surface area (Å²) in [5, 5.41) is 0. The lowest BCUT2D eigenvalue weighted by Crippen LogP contribution is -2.53. The lowest BCUT2D eigenvalue weighted by Gasteiger charge is -2.46. The van der Waals surface area contributed by atoms with Crippen molar-refractivity contribution in [2.24, 2.45) is 0 Å². The van der Waals surface area contributed by atoms with Gasteiger partial charge in [0.2, 0.25) is 0 Å². The van der Waals surface area contributed by atoms with Crippen molar-refractivity contribution in [1.29, 1.82) is 0 Å². The smallest absolute Gasteiger partial charge is 0.0375 e. The highest BCUT2D eigenvalue weighted by Crippen LogP contribution is 2.29. The molecule has 1 rings (SSSR count). The summed E-state index contributed by atoms with van der Waals surface area (Å²) in [4.78, 5) is 2.34. The van der Waals surface area contributed by atoms with Gasteiger partial charge in [0.05, 0.1) is 0 Å². The Morgan fingerprint density at radius 1 is 1.60 bits per heavy atom. The second kappa shape index (κ2) is 2.59. The number of rotatable bonds is 2. The molecule has 1 aliphatic heterocycles. The van der Waals surface area contributed by atoms with Gasteiger partial charge in [0.15, 0.2) is 0 Å². The molecular formula is C9H15N. The Bertz CT molecular complexity index is 160. The molecule has 1 saturated heterocycles. The van der Waals surface area contributed by atoms with E-state index in [-0.39, 0.29) is 0 Å². The molecule has 0 N–H and O–H groups in total. The lowest BCUT2D eigenvalue weighted by molar-refractivity contribution is 0.0717. The SMILES string of the molecule is C=C/C=C/C1(C)CCN1C. The van der Waals surface area contributed by atoms with Crippen LogP contribution in [-0.2, 0) is 0 Å². The third kappa shape index (κ3) is 1.14. The van der Waals surface area contributed by atoms with Crippen LogP contribution in [0.5, 0.6) is 0 Å². The average Bonchev–Trinajstić information content (AvgIpc) is 1.97. The number of nitrogens with zero attached hydrogens (tertiary/aromatic N) is 1. The first-order chi connectivity index (χ1) is 4.69. The Morgan fingerprint density at radius 3 is 2.60 bits per heavy atom. The van der Waals surface area contributed by atoms with Gasteiger partial charge in [-0.15, -0.1) is 0 Å². The average molecular weight is 137 g/mol. The molecule has 1 fully saturated rings. The second-order valence-corrected chi connectivity index (χ2v) is 3.12. The minimum Gasteiger partial charge on any atom is -0.297 e. The molecule has 0 bridgehead atoms. The van der Waals surface area contributed by atoms with Crippen LogP contribution in [0.4, 0.5) is 0 Å². The molecule has 1 heterocycles. The lowest BCUT2D eigenvalue weighted by atomic mass is 9.87. The molecule has 10 heavy (non-hydrogen) atoms. The summed E-state index contributed by atoms with van der Waals surface area (Å²) in [5.41, 5.74) is 0.314. The van der Waals surface area contributed by atoms with Crippen molar-refractivity contribution in [1.82, 2.24) is 4.90 Å². The monoisotopic (exact) mass is 137 g/mol. The van der Waals surface area contributed by atoms with E-state index in [1.165, 1.54) is 13.0 Å². The highest BCUT2D eigenvalue weighted by molar-refractivity contribution is 5.14. The van der Waals surface area contributed by atoms with Crippen molar-refractivity contribution in [3.63, 3.8) is 0 Å². The first-order valence-corrected chi connectivity index (χ1v) is 3.70. The molecule has 1 aliphatic rings. The van der Waals surface area contributed by atoms with Gasteiger partial charge in [-0.05, 0) is 20.4 Å². The van der Waals surface area contributed by atoms with E-state index in [9.17, 15) is 0 Å². The molecule has 1 heteroatoms. The summed E-state index contributed by atoms with van der Waals surface area (Å²) in [6.07, 6.45) is 7.34. The van der Waals surface area contributed by atoms with Crippen LogP contribution in [0.25, 0.3) is 0 Å². The van der Waals surface area contributed by atoms with E-state index in [0.717, 1.165) is 0 Å². The molecule has 0 aromatic rings. The van der Waals surface area contributed by atoms with E-state index in [4.69, 9.17) is 0 Å². The second-order valence-electron chi connectivity index (χ2n) is 3.12. The minimum atomic E-state index is 0.314. The summed E-state index contributed by atoms with van der Waals surface area (Å²) in [7, 11) is 2.15. The van der Waals surface area contributed by atoms with Crippen LogP contribution in [0.3, 0.4) is 0 Å². The van der Waals surface area contributed by atoms with E-state index in [2.05, 4.69) is 31.5 Å². The number of likely N-dealkylation sites (tertiary alicyclic amines) is 1. The fourth-order valence-corrected chi connectivity index (χ4v) is 1.17. The molecule has 56 valence electrons. The van der Waals surface area contributed by atoms with E-state index in [1.807, 2.05) is 12.2 Å². The Kier molecular flexibility index (Phi) is 1.95. The molecule has 0 aromatic carbocycles. The normalized spacial score (nSPS) is 34.2. The highest BCUT2D eigenvalue weighted by Gasteiger charge is 2.34. The Morgan fingerprint density at radius 2 is 2.30 bits per heavy atom. The van der Waals surface area contributed by atoms with Crippen LogP contribution >= 0.6 is 0 Å². The number of allylic oxidation sites excluding steroid dienone is 2. The topological polar surface area (TPSA) is 3.24 Å². The maximum absolute atomic E-state index is 3.64. The van der Waals surface area contributed by atoms with E-state index < -0.39 is 0 Å². The van der Waals surface area contributed by atoms with Crippen LogP contribution in [0.2, 0.25) is 0 Å².